The number of H-pyrrole nitrogens is 1. The third-order valence-electron chi connectivity index (χ3n) is 1.12. The second kappa shape index (κ2) is 4.43. The molecule has 0 spiro atoms. The number of rotatable bonds is 2. The number of primary amides is 1. The molecular formula is C6H6Br2N4O. The van der Waals surface area contributed by atoms with Crippen LogP contribution in [0.1, 0.15) is 5.69 Å². The summed E-state index contributed by atoms with van der Waals surface area (Å²) in [6, 6.07) is 1.11. The van der Waals surface area contributed by atoms with Crippen molar-refractivity contribution >= 4 is 44.1 Å². The van der Waals surface area contributed by atoms with E-state index in [9.17, 15) is 4.79 Å². The highest BCUT2D eigenvalue weighted by atomic mass is 79.9. The zero-order valence-electron chi connectivity index (χ0n) is 6.34. The number of aromatic amines is 1. The highest BCUT2D eigenvalue weighted by Gasteiger charge is 1.99. The lowest BCUT2D eigenvalue weighted by atomic mass is 10.5. The Balaban J connectivity index is 2.64. The van der Waals surface area contributed by atoms with Gasteiger partial charge in [-0.3, -0.25) is 0 Å². The van der Waals surface area contributed by atoms with Crippen LogP contribution in [0, 0.1) is 0 Å². The maximum absolute atomic E-state index is 10.2. The zero-order valence-corrected chi connectivity index (χ0v) is 9.52. The lowest BCUT2D eigenvalue weighted by molar-refractivity contribution is 0.249. The minimum atomic E-state index is -0.694. The van der Waals surface area contributed by atoms with Crippen molar-refractivity contribution in [3.8, 4) is 0 Å². The van der Waals surface area contributed by atoms with Crippen LogP contribution in [0.25, 0.3) is 0 Å². The largest absolute Gasteiger partial charge is 0.350 e. The van der Waals surface area contributed by atoms with E-state index in [0.29, 0.717) is 0 Å². The van der Waals surface area contributed by atoms with Crippen molar-refractivity contribution < 1.29 is 4.79 Å². The molecule has 0 aromatic carbocycles. The lowest BCUT2D eigenvalue weighted by Crippen LogP contribution is -2.24. The molecule has 1 rings (SSSR count). The average molecular weight is 310 g/mol. The number of urea groups is 1. The maximum atomic E-state index is 10.2. The Kier molecular flexibility index (Phi) is 3.49. The van der Waals surface area contributed by atoms with Gasteiger partial charge in [0.2, 0.25) is 0 Å². The Morgan fingerprint density at radius 1 is 1.69 bits per heavy atom. The predicted molar refractivity (Wildman–Crippen MR) is 56.5 cm³/mol. The molecule has 0 aliphatic carbocycles. The van der Waals surface area contributed by atoms with Gasteiger partial charge in [0.15, 0.2) is 0 Å². The summed E-state index contributed by atoms with van der Waals surface area (Å²) in [4.78, 5) is 13.2. The van der Waals surface area contributed by atoms with Crippen LogP contribution < -0.4 is 11.2 Å². The summed E-state index contributed by atoms with van der Waals surface area (Å²) in [5.41, 5.74) is 7.62. The Hall–Kier alpha value is -0.820. The van der Waals surface area contributed by atoms with Crippen molar-refractivity contribution in [1.29, 1.82) is 0 Å². The van der Waals surface area contributed by atoms with Crippen LogP contribution in [0.2, 0.25) is 0 Å². The van der Waals surface area contributed by atoms with E-state index in [-0.39, 0.29) is 0 Å². The van der Waals surface area contributed by atoms with Crippen molar-refractivity contribution in [1.82, 2.24) is 10.4 Å². The molecule has 1 aromatic heterocycles. The summed E-state index contributed by atoms with van der Waals surface area (Å²) in [5.74, 6) is 0. The first kappa shape index (κ1) is 10.3. The van der Waals surface area contributed by atoms with E-state index in [0.717, 1.165) is 14.8 Å². The van der Waals surface area contributed by atoms with Crippen molar-refractivity contribution in [3.63, 3.8) is 0 Å². The lowest BCUT2D eigenvalue weighted by Gasteiger charge is -1.88. The number of halogens is 2. The first-order valence-corrected chi connectivity index (χ1v) is 4.80. The van der Waals surface area contributed by atoms with E-state index in [2.05, 4.69) is 47.4 Å². The van der Waals surface area contributed by atoms with Gasteiger partial charge in [0.05, 0.1) is 21.0 Å². The number of carbonyl (C=O) groups is 1. The molecule has 1 aromatic rings. The Morgan fingerprint density at radius 3 is 2.85 bits per heavy atom. The molecular weight excluding hydrogens is 304 g/mol. The second-order valence-corrected chi connectivity index (χ2v) is 3.77. The number of aromatic nitrogens is 1. The van der Waals surface area contributed by atoms with Gasteiger partial charge in [-0.1, -0.05) is 0 Å². The van der Waals surface area contributed by atoms with E-state index in [4.69, 9.17) is 5.73 Å². The summed E-state index contributed by atoms with van der Waals surface area (Å²) >= 11 is 6.55. The molecule has 5 nitrogen and oxygen atoms in total. The van der Waals surface area contributed by atoms with Gasteiger partial charge in [0.1, 0.15) is 0 Å². The number of nitrogens with one attached hydrogen (secondary N) is 2. The topological polar surface area (TPSA) is 83.3 Å². The van der Waals surface area contributed by atoms with Gasteiger partial charge in [-0.05, 0) is 37.9 Å². The molecule has 0 unspecified atom stereocenters. The van der Waals surface area contributed by atoms with Crippen LogP contribution in [0.5, 0.6) is 0 Å². The van der Waals surface area contributed by atoms with Gasteiger partial charge in [-0.15, -0.1) is 0 Å². The number of hydrogen-bond acceptors (Lipinski definition) is 2. The number of amides is 2. The Labute approximate surface area is 91.0 Å². The van der Waals surface area contributed by atoms with Gasteiger partial charge in [0, 0.05) is 0 Å². The van der Waals surface area contributed by atoms with Crippen LogP contribution in [0.15, 0.2) is 20.2 Å². The van der Waals surface area contributed by atoms with Gasteiger partial charge < -0.3 is 10.7 Å². The molecule has 0 bridgehead atoms. The summed E-state index contributed by atoms with van der Waals surface area (Å²) in [7, 11) is 0. The summed E-state index contributed by atoms with van der Waals surface area (Å²) < 4.78 is 1.70. The highest BCUT2D eigenvalue weighted by molar-refractivity contribution is 9.13. The van der Waals surface area contributed by atoms with E-state index in [1.807, 2.05) is 0 Å². The molecule has 4 N–H and O–H groups in total. The van der Waals surface area contributed by atoms with E-state index in [1.165, 1.54) is 6.21 Å². The van der Waals surface area contributed by atoms with Crippen LogP contribution in [-0.4, -0.2) is 17.2 Å². The molecule has 7 heteroatoms. The van der Waals surface area contributed by atoms with Crippen LogP contribution in [-0.2, 0) is 0 Å². The predicted octanol–water partition coefficient (Wildman–Crippen LogP) is 1.54. The molecule has 13 heavy (non-hydrogen) atoms. The number of nitrogens with two attached hydrogens (primary N) is 1. The third-order valence-corrected chi connectivity index (χ3v) is 2.91. The van der Waals surface area contributed by atoms with E-state index >= 15 is 0 Å². The zero-order chi connectivity index (χ0) is 9.84. The summed E-state index contributed by atoms with van der Waals surface area (Å²) in [6.07, 6.45) is 1.44. The van der Waals surface area contributed by atoms with Crippen LogP contribution in [0.3, 0.4) is 0 Å². The number of carbonyl (C=O) groups excluding carboxylic acids is 1. The molecule has 0 saturated heterocycles. The van der Waals surface area contributed by atoms with Crippen molar-refractivity contribution in [2.45, 2.75) is 0 Å². The summed E-state index contributed by atoms with van der Waals surface area (Å²) in [6.45, 7) is 0. The second-order valence-electron chi connectivity index (χ2n) is 2.12. The van der Waals surface area contributed by atoms with E-state index < -0.39 is 6.03 Å². The van der Waals surface area contributed by atoms with Crippen molar-refractivity contribution in [2.24, 2.45) is 10.8 Å². The smallest absolute Gasteiger partial charge is 0.332 e. The Morgan fingerprint density at radius 2 is 2.38 bits per heavy atom. The number of hydrazone groups is 1. The minimum absolute atomic E-state index is 0.694. The molecule has 0 atom stereocenters. The van der Waals surface area contributed by atoms with Crippen molar-refractivity contribution in [3.05, 3.63) is 20.8 Å². The molecule has 2 amide bonds. The number of nitrogens with zero attached hydrogens (tertiary/aromatic N) is 1. The van der Waals surface area contributed by atoms with Gasteiger partial charge in [0.25, 0.3) is 0 Å². The molecule has 1 heterocycles. The third kappa shape index (κ3) is 3.19. The maximum Gasteiger partial charge on any atom is 0.332 e. The normalized spacial score (nSPS) is 10.6. The molecule has 0 aliphatic heterocycles. The molecule has 70 valence electrons. The van der Waals surface area contributed by atoms with E-state index in [1.54, 1.807) is 6.07 Å². The fourth-order valence-corrected chi connectivity index (χ4v) is 1.35. The van der Waals surface area contributed by atoms with Gasteiger partial charge in [-0.25, -0.2) is 10.2 Å². The SMILES string of the molecule is NC(=O)N/N=C/c1cc(Br)c(Br)[nH]1. The average Bonchev–Trinajstić information content (AvgIpc) is 2.30. The molecule has 0 saturated carbocycles. The molecule has 0 fully saturated rings. The van der Waals surface area contributed by atoms with Crippen molar-refractivity contribution in [2.75, 3.05) is 0 Å². The minimum Gasteiger partial charge on any atom is -0.350 e. The Bertz CT molecular complexity index is 327. The quantitative estimate of drug-likeness (QED) is 0.562. The van der Waals surface area contributed by atoms with Gasteiger partial charge in [-0.2, -0.15) is 5.10 Å². The van der Waals surface area contributed by atoms with Crippen LogP contribution in [0.4, 0.5) is 4.79 Å². The fraction of sp³-hybridized carbons (Fsp3) is 0. The monoisotopic (exact) mass is 308 g/mol. The summed E-state index contributed by atoms with van der Waals surface area (Å²) in [5, 5.41) is 3.57. The fourth-order valence-electron chi connectivity index (χ4n) is 0.657. The standard InChI is InChI=1S/C6H6Br2N4O/c7-4-1-3(11-5(4)8)2-10-12-6(9)13/h1-2,11H,(H3,9,12,13)/b10-2+. The molecule has 0 aliphatic rings. The molecule has 0 radical (unpaired) electrons. The highest BCUT2D eigenvalue weighted by Crippen LogP contribution is 2.22. The van der Waals surface area contributed by atoms with Crippen LogP contribution >= 0.6 is 31.9 Å². The van der Waals surface area contributed by atoms with Gasteiger partial charge >= 0.3 is 6.03 Å². The number of hydrogen-bond donors (Lipinski definition) is 3. The first-order valence-electron chi connectivity index (χ1n) is 3.22. The first-order chi connectivity index (χ1) is 6.09.